The van der Waals surface area contributed by atoms with Gasteiger partial charge in [-0.25, -0.2) is 9.37 Å². The predicted octanol–water partition coefficient (Wildman–Crippen LogP) is 4.42. The van der Waals surface area contributed by atoms with E-state index < -0.39 is 11.4 Å². The molecule has 2 aromatic carbocycles. The zero-order valence-corrected chi connectivity index (χ0v) is 14.4. The lowest BCUT2D eigenvalue weighted by molar-refractivity contribution is 0.635. The van der Waals surface area contributed by atoms with Gasteiger partial charge in [0.1, 0.15) is 11.2 Å². The number of aryl methyl sites for hydroxylation is 2. The molecule has 24 heavy (non-hydrogen) atoms. The van der Waals surface area contributed by atoms with Crippen molar-refractivity contribution in [1.82, 2.24) is 9.55 Å². The van der Waals surface area contributed by atoms with E-state index in [9.17, 15) is 9.18 Å². The number of rotatable bonds is 4. The molecule has 0 N–H and O–H groups in total. The molecule has 0 aliphatic heterocycles. The molecule has 0 aliphatic rings. The number of nitrogens with zero attached hydrogens (tertiary/aromatic N) is 2. The van der Waals surface area contributed by atoms with Gasteiger partial charge in [0.15, 0.2) is 5.16 Å². The second kappa shape index (κ2) is 6.61. The van der Waals surface area contributed by atoms with Gasteiger partial charge in [-0.3, -0.25) is 9.36 Å². The van der Waals surface area contributed by atoms with Crippen molar-refractivity contribution in [1.29, 1.82) is 0 Å². The summed E-state index contributed by atoms with van der Waals surface area (Å²) in [4.78, 5) is 17.5. The van der Waals surface area contributed by atoms with Gasteiger partial charge < -0.3 is 0 Å². The van der Waals surface area contributed by atoms with Crippen LogP contribution in [0.25, 0.3) is 16.6 Å². The van der Waals surface area contributed by atoms with Crippen LogP contribution in [0, 0.1) is 19.7 Å². The maximum atomic E-state index is 14.2. The van der Waals surface area contributed by atoms with E-state index >= 15 is 0 Å². The van der Waals surface area contributed by atoms with Crippen molar-refractivity contribution >= 4 is 22.7 Å². The second-order valence-corrected chi connectivity index (χ2v) is 6.52. The summed E-state index contributed by atoms with van der Waals surface area (Å²) >= 11 is 1.40. The van der Waals surface area contributed by atoms with E-state index in [0.29, 0.717) is 22.1 Å². The lowest BCUT2D eigenvalue weighted by Crippen LogP contribution is -2.22. The fourth-order valence-electron chi connectivity index (χ4n) is 2.49. The Morgan fingerprint density at radius 1 is 1.25 bits per heavy atom. The van der Waals surface area contributed by atoms with Crippen LogP contribution in [0.1, 0.15) is 11.1 Å². The molecule has 0 saturated carbocycles. The van der Waals surface area contributed by atoms with Crippen LogP contribution >= 0.6 is 11.8 Å². The Labute approximate surface area is 143 Å². The Bertz CT molecular complexity index is 995. The van der Waals surface area contributed by atoms with Crippen LogP contribution in [-0.2, 0) is 0 Å². The fraction of sp³-hybridized carbons (Fsp3) is 0.158. The average molecular weight is 340 g/mol. The molecule has 0 amide bonds. The van der Waals surface area contributed by atoms with Gasteiger partial charge in [-0.1, -0.05) is 30.0 Å². The molecule has 122 valence electrons. The van der Waals surface area contributed by atoms with Gasteiger partial charge in [-0.05, 0) is 49.2 Å². The van der Waals surface area contributed by atoms with Crippen molar-refractivity contribution in [3.8, 4) is 5.69 Å². The molecule has 0 spiro atoms. The quantitative estimate of drug-likeness (QED) is 0.401. The fourth-order valence-corrected chi connectivity index (χ4v) is 3.24. The van der Waals surface area contributed by atoms with E-state index in [2.05, 4.69) is 11.6 Å². The van der Waals surface area contributed by atoms with Gasteiger partial charge in [0.2, 0.25) is 0 Å². The number of halogens is 1. The van der Waals surface area contributed by atoms with E-state index in [1.165, 1.54) is 22.4 Å². The number of fused-ring (bicyclic) bond motifs is 1. The zero-order chi connectivity index (χ0) is 17.3. The summed E-state index contributed by atoms with van der Waals surface area (Å²) in [7, 11) is 0. The minimum Gasteiger partial charge on any atom is -0.268 e. The van der Waals surface area contributed by atoms with Crippen molar-refractivity contribution in [3.05, 3.63) is 76.4 Å². The Hall–Kier alpha value is -2.40. The van der Waals surface area contributed by atoms with Gasteiger partial charge in [0.05, 0.1) is 11.2 Å². The van der Waals surface area contributed by atoms with E-state index in [0.717, 1.165) is 11.1 Å². The first-order chi connectivity index (χ1) is 11.5. The Morgan fingerprint density at radius 2 is 2.04 bits per heavy atom. The summed E-state index contributed by atoms with van der Waals surface area (Å²) in [6.45, 7) is 7.70. The van der Waals surface area contributed by atoms with Crippen molar-refractivity contribution < 1.29 is 4.39 Å². The topological polar surface area (TPSA) is 34.9 Å². The third-order valence-electron chi connectivity index (χ3n) is 3.89. The Balaban J connectivity index is 2.36. The molecule has 0 atom stereocenters. The van der Waals surface area contributed by atoms with E-state index in [1.807, 2.05) is 32.0 Å². The summed E-state index contributed by atoms with van der Waals surface area (Å²) in [6, 6.07) is 10.2. The van der Waals surface area contributed by atoms with Crippen LogP contribution in [0.2, 0.25) is 0 Å². The van der Waals surface area contributed by atoms with Crippen LogP contribution in [0.5, 0.6) is 0 Å². The second-order valence-electron chi connectivity index (χ2n) is 5.54. The summed E-state index contributed by atoms with van der Waals surface area (Å²) in [5.41, 5.74) is 2.85. The molecule has 0 fully saturated rings. The smallest absolute Gasteiger partial charge is 0.268 e. The number of thioether (sulfide) groups is 1. The zero-order valence-electron chi connectivity index (χ0n) is 13.5. The molecule has 3 nitrogen and oxygen atoms in total. The molecule has 1 heterocycles. The van der Waals surface area contributed by atoms with E-state index in [4.69, 9.17) is 0 Å². The van der Waals surface area contributed by atoms with Crippen molar-refractivity contribution in [2.24, 2.45) is 0 Å². The van der Waals surface area contributed by atoms with Crippen molar-refractivity contribution in [2.45, 2.75) is 19.0 Å². The first-order valence-corrected chi connectivity index (χ1v) is 8.54. The lowest BCUT2D eigenvalue weighted by Gasteiger charge is -2.14. The molecular formula is C19H17FN2OS. The molecule has 0 aliphatic carbocycles. The maximum absolute atomic E-state index is 14.2. The third-order valence-corrected chi connectivity index (χ3v) is 4.83. The van der Waals surface area contributed by atoms with Gasteiger partial charge in [0, 0.05) is 5.75 Å². The SMILES string of the molecule is C=CCSc1nc2cccc(F)c2c(=O)n1-c1ccc(C)c(C)c1. The Morgan fingerprint density at radius 3 is 2.75 bits per heavy atom. The number of hydrogen-bond donors (Lipinski definition) is 0. The molecule has 0 unspecified atom stereocenters. The molecule has 0 radical (unpaired) electrons. The number of aromatic nitrogens is 2. The van der Waals surface area contributed by atoms with Crippen LogP contribution in [0.15, 0.2) is 59.0 Å². The molecule has 3 aromatic rings. The summed E-state index contributed by atoms with van der Waals surface area (Å²) in [6.07, 6.45) is 1.75. The Kier molecular flexibility index (Phi) is 4.53. The minimum absolute atomic E-state index is 0.0127. The van der Waals surface area contributed by atoms with E-state index in [1.54, 1.807) is 18.2 Å². The largest absolute Gasteiger partial charge is 0.269 e. The summed E-state index contributed by atoms with van der Waals surface area (Å²) in [5, 5.41) is 0.542. The van der Waals surface area contributed by atoms with Gasteiger partial charge in [-0.15, -0.1) is 6.58 Å². The normalized spacial score (nSPS) is 11.0. The predicted molar refractivity (Wildman–Crippen MR) is 97.7 cm³/mol. The van der Waals surface area contributed by atoms with Crippen molar-refractivity contribution in [2.75, 3.05) is 5.75 Å². The first-order valence-electron chi connectivity index (χ1n) is 7.55. The van der Waals surface area contributed by atoms with Crippen LogP contribution in [0.3, 0.4) is 0 Å². The monoisotopic (exact) mass is 340 g/mol. The van der Waals surface area contributed by atoms with Crippen LogP contribution in [-0.4, -0.2) is 15.3 Å². The van der Waals surface area contributed by atoms with Gasteiger partial charge >= 0.3 is 0 Å². The molecule has 1 aromatic heterocycles. The highest BCUT2D eigenvalue weighted by molar-refractivity contribution is 7.99. The van der Waals surface area contributed by atoms with Crippen molar-refractivity contribution in [3.63, 3.8) is 0 Å². The maximum Gasteiger partial charge on any atom is 0.269 e. The standard InChI is InChI=1S/C19H17FN2OS/c1-4-10-24-19-21-16-7-5-6-15(20)17(16)18(23)22(19)14-9-8-12(2)13(3)11-14/h4-9,11H,1,10H2,2-3H3. The molecular weight excluding hydrogens is 323 g/mol. The molecule has 0 bridgehead atoms. The highest BCUT2D eigenvalue weighted by Crippen LogP contribution is 2.23. The molecule has 0 saturated heterocycles. The lowest BCUT2D eigenvalue weighted by atomic mass is 10.1. The van der Waals surface area contributed by atoms with Gasteiger partial charge in [0.25, 0.3) is 5.56 Å². The van der Waals surface area contributed by atoms with Crippen LogP contribution < -0.4 is 5.56 Å². The highest BCUT2D eigenvalue weighted by atomic mass is 32.2. The average Bonchev–Trinajstić information content (AvgIpc) is 2.55. The third kappa shape index (κ3) is 2.87. The van der Waals surface area contributed by atoms with Gasteiger partial charge in [-0.2, -0.15) is 0 Å². The highest BCUT2D eigenvalue weighted by Gasteiger charge is 2.16. The summed E-state index contributed by atoms with van der Waals surface area (Å²) in [5.74, 6) is 0.0563. The van der Waals surface area contributed by atoms with E-state index in [-0.39, 0.29) is 5.39 Å². The number of hydrogen-bond acceptors (Lipinski definition) is 3. The first kappa shape index (κ1) is 16.5. The molecule has 5 heteroatoms. The van der Waals surface area contributed by atoms with Crippen LogP contribution in [0.4, 0.5) is 4.39 Å². The number of benzene rings is 2. The minimum atomic E-state index is -0.553. The summed E-state index contributed by atoms with van der Waals surface area (Å²) < 4.78 is 15.7. The molecule has 3 rings (SSSR count).